The highest BCUT2D eigenvalue weighted by Crippen LogP contribution is 2.35. The Bertz CT molecular complexity index is 846. The van der Waals surface area contributed by atoms with E-state index in [-0.39, 0.29) is 22.3 Å². The van der Waals surface area contributed by atoms with Gasteiger partial charge in [-0.25, -0.2) is 0 Å². The molecule has 1 aliphatic heterocycles. The minimum atomic E-state index is -0.335. The van der Waals surface area contributed by atoms with Gasteiger partial charge in [0.1, 0.15) is 0 Å². The maximum atomic E-state index is 12.6. The monoisotopic (exact) mass is 359 g/mol. The fourth-order valence-electron chi connectivity index (χ4n) is 3.97. The number of hydrogen-bond acceptors (Lipinski definition) is 4. The Labute approximate surface area is 152 Å². The van der Waals surface area contributed by atoms with Gasteiger partial charge in [0, 0.05) is 13.1 Å². The van der Waals surface area contributed by atoms with Crippen molar-refractivity contribution in [3.8, 4) is 5.88 Å². The molecule has 0 radical (unpaired) electrons. The third-order valence-corrected chi connectivity index (χ3v) is 5.09. The first kappa shape index (κ1) is 17.9. The second-order valence-electron chi connectivity index (χ2n) is 7.38. The molecule has 2 aromatic rings. The Hall–Kier alpha value is -1.92. The summed E-state index contributed by atoms with van der Waals surface area (Å²) in [6.07, 6.45) is 1.18. The molecule has 0 spiro atoms. The zero-order valence-electron chi connectivity index (χ0n) is 14.9. The van der Waals surface area contributed by atoms with Crippen LogP contribution in [-0.2, 0) is 0 Å². The number of hydrogen-bond donors (Lipinski definition) is 3. The lowest BCUT2D eigenvalue weighted by atomic mass is 9.88. The van der Waals surface area contributed by atoms with E-state index in [1.807, 2.05) is 31.2 Å². The van der Waals surface area contributed by atoms with Crippen molar-refractivity contribution in [2.75, 3.05) is 13.1 Å². The molecular weight excluding hydrogens is 334 g/mol. The number of benzene rings is 1. The van der Waals surface area contributed by atoms with Crippen molar-refractivity contribution in [2.24, 2.45) is 11.8 Å². The highest BCUT2D eigenvalue weighted by molar-refractivity contribution is 7.71. The van der Waals surface area contributed by atoms with Crippen molar-refractivity contribution < 1.29 is 5.11 Å². The Morgan fingerprint density at radius 2 is 1.76 bits per heavy atom. The van der Waals surface area contributed by atoms with Crippen LogP contribution in [0.15, 0.2) is 29.1 Å². The number of H-pyrrole nitrogens is 2. The molecule has 0 aliphatic carbocycles. The molecule has 3 N–H and O–H groups in total. The molecule has 5 nitrogen and oxygen atoms in total. The molecule has 0 unspecified atom stereocenters. The summed E-state index contributed by atoms with van der Waals surface area (Å²) in [5, 5.41) is 10.5. The van der Waals surface area contributed by atoms with Gasteiger partial charge >= 0.3 is 0 Å². The van der Waals surface area contributed by atoms with Crippen LogP contribution in [0.3, 0.4) is 0 Å². The minimum Gasteiger partial charge on any atom is -0.494 e. The van der Waals surface area contributed by atoms with Gasteiger partial charge in [0.2, 0.25) is 5.88 Å². The topological polar surface area (TPSA) is 72.1 Å². The molecular formula is C19H25N3O2S. The molecule has 3 atom stereocenters. The lowest BCUT2D eigenvalue weighted by Crippen LogP contribution is -2.43. The molecule has 6 heteroatoms. The fraction of sp³-hybridized carbons (Fsp3) is 0.474. The van der Waals surface area contributed by atoms with Crippen molar-refractivity contribution in [3.05, 3.63) is 56.1 Å². The number of nitrogens with one attached hydrogen (secondary N) is 2. The predicted octanol–water partition coefficient (Wildman–Crippen LogP) is 3.51. The quantitative estimate of drug-likeness (QED) is 0.733. The predicted molar refractivity (Wildman–Crippen MR) is 101 cm³/mol. The van der Waals surface area contributed by atoms with E-state index >= 15 is 0 Å². The molecule has 134 valence electrons. The first-order chi connectivity index (χ1) is 11.8. The second-order valence-corrected chi connectivity index (χ2v) is 7.79. The van der Waals surface area contributed by atoms with Crippen LogP contribution in [0.5, 0.6) is 5.88 Å². The van der Waals surface area contributed by atoms with Gasteiger partial charge in [-0.05, 0) is 43.0 Å². The first-order valence-electron chi connectivity index (χ1n) is 8.71. The van der Waals surface area contributed by atoms with Crippen molar-refractivity contribution in [1.82, 2.24) is 14.9 Å². The Morgan fingerprint density at radius 1 is 1.16 bits per heavy atom. The third-order valence-electron chi connectivity index (χ3n) is 4.89. The van der Waals surface area contributed by atoms with E-state index in [9.17, 15) is 9.90 Å². The summed E-state index contributed by atoms with van der Waals surface area (Å²) in [5.74, 6) is 0.936. The summed E-state index contributed by atoms with van der Waals surface area (Å²) in [5.41, 5.74) is 2.16. The third kappa shape index (κ3) is 3.85. The standard InChI is InChI=1S/C19H25N3O2S/c1-11-4-6-14(7-5-11)16(22-9-12(2)8-13(3)10-22)15-17(23)20-19(25)21-18(15)24/h4-7,12-13,16H,8-10H2,1-3H3,(H3,20,21,23,24,25)/t12-,13-,16-/m1/s1. The molecule has 1 fully saturated rings. The summed E-state index contributed by atoms with van der Waals surface area (Å²) in [4.78, 5) is 20.2. The Balaban J connectivity index is 2.14. The molecule has 1 saturated heterocycles. The zero-order chi connectivity index (χ0) is 18.1. The van der Waals surface area contributed by atoms with E-state index in [1.54, 1.807) is 0 Å². The van der Waals surface area contributed by atoms with Gasteiger partial charge in [-0.1, -0.05) is 43.7 Å². The second kappa shape index (κ2) is 7.14. The van der Waals surface area contributed by atoms with Crippen molar-refractivity contribution >= 4 is 12.2 Å². The molecule has 0 bridgehead atoms. The van der Waals surface area contributed by atoms with E-state index in [4.69, 9.17) is 12.2 Å². The normalized spacial score (nSPS) is 22.7. The van der Waals surface area contributed by atoms with Crippen molar-refractivity contribution in [1.29, 1.82) is 0 Å². The Morgan fingerprint density at radius 3 is 2.32 bits per heavy atom. The van der Waals surface area contributed by atoms with Crippen LogP contribution in [0.25, 0.3) is 0 Å². The van der Waals surface area contributed by atoms with E-state index in [0.717, 1.165) is 24.2 Å². The number of piperidine rings is 1. The molecule has 0 saturated carbocycles. The maximum absolute atomic E-state index is 12.6. The van der Waals surface area contributed by atoms with E-state index in [2.05, 4.69) is 28.7 Å². The largest absolute Gasteiger partial charge is 0.494 e. The van der Waals surface area contributed by atoms with E-state index in [1.165, 1.54) is 6.42 Å². The minimum absolute atomic E-state index is 0.134. The average molecular weight is 359 g/mol. The van der Waals surface area contributed by atoms with Crippen molar-refractivity contribution in [3.63, 3.8) is 0 Å². The summed E-state index contributed by atoms with van der Waals surface area (Å²) in [6.45, 7) is 8.28. The number of nitrogens with zero attached hydrogens (tertiary/aromatic N) is 1. The van der Waals surface area contributed by atoms with Crippen LogP contribution >= 0.6 is 12.2 Å². The maximum Gasteiger partial charge on any atom is 0.260 e. The lowest BCUT2D eigenvalue weighted by molar-refractivity contribution is 0.109. The van der Waals surface area contributed by atoms with Crippen molar-refractivity contribution in [2.45, 2.75) is 33.2 Å². The van der Waals surface area contributed by atoms with Crippen LogP contribution < -0.4 is 5.56 Å². The van der Waals surface area contributed by atoms with Gasteiger partial charge in [0.05, 0.1) is 11.6 Å². The highest BCUT2D eigenvalue weighted by atomic mass is 32.1. The highest BCUT2D eigenvalue weighted by Gasteiger charge is 2.32. The molecule has 1 aromatic heterocycles. The number of rotatable bonds is 3. The van der Waals surface area contributed by atoms with Gasteiger partial charge in [-0.15, -0.1) is 0 Å². The van der Waals surface area contributed by atoms with Crippen LogP contribution in [0.2, 0.25) is 0 Å². The van der Waals surface area contributed by atoms with Crippen LogP contribution in [0, 0.1) is 23.5 Å². The SMILES string of the molecule is Cc1ccc([C@H](c2c(O)[nH]c(=S)[nH]c2=O)N2C[C@H](C)C[C@@H](C)C2)cc1. The molecule has 25 heavy (non-hydrogen) atoms. The van der Waals surface area contributed by atoms with Gasteiger partial charge in [0.25, 0.3) is 5.56 Å². The van der Waals surface area contributed by atoms with Crippen LogP contribution in [-0.4, -0.2) is 33.1 Å². The van der Waals surface area contributed by atoms with Crippen LogP contribution in [0.4, 0.5) is 0 Å². The molecule has 0 amide bonds. The molecule has 1 aliphatic rings. The number of aromatic amines is 2. The average Bonchev–Trinajstić information content (AvgIpc) is 2.51. The molecule has 1 aromatic carbocycles. The number of likely N-dealkylation sites (tertiary alicyclic amines) is 1. The summed E-state index contributed by atoms with van der Waals surface area (Å²) >= 11 is 4.98. The number of aromatic hydroxyl groups is 1. The van der Waals surface area contributed by atoms with E-state index < -0.39 is 0 Å². The summed E-state index contributed by atoms with van der Waals surface area (Å²) in [7, 11) is 0. The van der Waals surface area contributed by atoms with E-state index in [0.29, 0.717) is 17.4 Å². The Kier molecular flexibility index (Phi) is 5.11. The van der Waals surface area contributed by atoms with Gasteiger partial charge in [-0.3, -0.25) is 14.7 Å². The van der Waals surface area contributed by atoms with Crippen LogP contribution in [0.1, 0.15) is 43.0 Å². The number of aromatic nitrogens is 2. The zero-order valence-corrected chi connectivity index (χ0v) is 15.7. The van der Waals surface area contributed by atoms with Gasteiger partial charge < -0.3 is 10.1 Å². The lowest BCUT2D eigenvalue weighted by Gasteiger charge is -2.40. The summed E-state index contributed by atoms with van der Waals surface area (Å²) in [6, 6.07) is 7.83. The number of aryl methyl sites for hydroxylation is 1. The smallest absolute Gasteiger partial charge is 0.260 e. The summed E-state index contributed by atoms with van der Waals surface area (Å²) < 4.78 is 0.134. The molecule has 2 heterocycles. The first-order valence-corrected chi connectivity index (χ1v) is 9.12. The van der Waals surface area contributed by atoms with Gasteiger partial charge in [0.15, 0.2) is 4.77 Å². The van der Waals surface area contributed by atoms with Gasteiger partial charge in [-0.2, -0.15) is 0 Å². The fourth-order valence-corrected chi connectivity index (χ4v) is 4.16. The molecule has 3 rings (SSSR count).